The topological polar surface area (TPSA) is 20.2 Å². The maximum absolute atomic E-state index is 10.1. The molecule has 1 heteroatoms. The van der Waals surface area contributed by atoms with Crippen molar-refractivity contribution in [3.63, 3.8) is 0 Å². The van der Waals surface area contributed by atoms with Crippen molar-refractivity contribution in [3.05, 3.63) is 34.9 Å². The van der Waals surface area contributed by atoms with Crippen LogP contribution in [0.15, 0.2) is 18.2 Å². The third-order valence-corrected chi connectivity index (χ3v) is 3.05. The molecule has 1 atom stereocenters. The molecule has 1 rings (SSSR count). The average molecular weight is 220 g/mol. The second-order valence-corrected chi connectivity index (χ2v) is 5.20. The number of aliphatic hydroxyl groups is 1. The monoisotopic (exact) mass is 220 g/mol. The lowest BCUT2D eigenvalue weighted by Crippen LogP contribution is -2.01. The van der Waals surface area contributed by atoms with Gasteiger partial charge < -0.3 is 5.11 Å². The molecule has 16 heavy (non-hydrogen) atoms. The molecule has 0 amide bonds. The third-order valence-electron chi connectivity index (χ3n) is 3.05. The molecule has 0 aromatic heterocycles. The molecule has 0 bridgehead atoms. The van der Waals surface area contributed by atoms with Crippen molar-refractivity contribution in [2.45, 2.75) is 53.1 Å². The van der Waals surface area contributed by atoms with Crippen molar-refractivity contribution >= 4 is 0 Å². The predicted octanol–water partition coefficient (Wildman–Crippen LogP) is 4.16. The summed E-state index contributed by atoms with van der Waals surface area (Å²) in [4.78, 5) is 0. The van der Waals surface area contributed by atoms with E-state index in [2.05, 4.69) is 45.9 Å². The van der Waals surface area contributed by atoms with Crippen LogP contribution in [-0.2, 0) is 0 Å². The maximum atomic E-state index is 10.1. The average Bonchev–Trinajstić information content (AvgIpc) is 2.21. The second kappa shape index (κ2) is 6.05. The van der Waals surface area contributed by atoms with Gasteiger partial charge in [-0.25, -0.2) is 0 Å². The first kappa shape index (κ1) is 13.2. The van der Waals surface area contributed by atoms with Crippen LogP contribution in [0.25, 0.3) is 0 Å². The van der Waals surface area contributed by atoms with Crippen LogP contribution in [0.5, 0.6) is 0 Å². The van der Waals surface area contributed by atoms with E-state index in [1.54, 1.807) is 0 Å². The second-order valence-electron chi connectivity index (χ2n) is 5.20. The zero-order valence-corrected chi connectivity index (χ0v) is 11.0. The summed E-state index contributed by atoms with van der Waals surface area (Å²) in [5.74, 6) is 0.728. The van der Waals surface area contributed by atoms with Gasteiger partial charge in [0, 0.05) is 0 Å². The van der Waals surface area contributed by atoms with Crippen LogP contribution in [-0.4, -0.2) is 5.11 Å². The van der Waals surface area contributed by atoms with Crippen LogP contribution >= 0.6 is 0 Å². The Kier molecular flexibility index (Phi) is 5.01. The summed E-state index contributed by atoms with van der Waals surface area (Å²) < 4.78 is 0. The van der Waals surface area contributed by atoms with Gasteiger partial charge in [0.15, 0.2) is 0 Å². The molecule has 1 aromatic rings. The van der Waals surface area contributed by atoms with Crippen molar-refractivity contribution in [1.29, 1.82) is 0 Å². The van der Waals surface area contributed by atoms with Gasteiger partial charge in [0.1, 0.15) is 0 Å². The lowest BCUT2D eigenvalue weighted by atomic mass is 9.96. The molecule has 1 unspecified atom stereocenters. The van der Waals surface area contributed by atoms with E-state index in [1.165, 1.54) is 17.5 Å². The van der Waals surface area contributed by atoms with E-state index < -0.39 is 0 Å². The van der Waals surface area contributed by atoms with Crippen LogP contribution in [0.2, 0.25) is 0 Å². The molecule has 1 nitrogen and oxygen atoms in total. The van der Waals surface area contributed by atoms with Crippen LogP contribution in [0.4, 0.5) is 0 Å². The fraction of sp³-hybridized carbons (Fsp3) is 0.600. The molecule has 0 heterocycles. The van der Waals surface area contributed by atoms with E-state index >= 15 is 0 Å². The van der Waals surface area contributed by atoms with Gasteiger partial charge >= 0.3 is 0 Å². The molecule has 0 spiro atoms. The Morgan fingerprint density at radius 2 is 1.81 bits per heavy atom. The predicted molar refractivity (Wildman–Crippen MR) is 69.6 cm³/mol. The summed E-state index contributed by atoms with van der Waals surface area (Å²) in [6.45, 7) is 8.60. The van der Waals surface area contributed by atoms with Gasteiger partial charge in [-0.3, -0.25) is 0 Å². The Labute approximate surface area is 99.5 Å². The molecule has 90 valence electrons. The Hall–Kier alpha value is -0.820. The first-order chi connectivity index (χ1) is 7.50. The van der Waals surface area contributed by atoms with Crippen LogP contribution in [0, 0.1) is 19.8 Å². The zero-order valence-electron chi connectivity index (χ0n) is 11.0. The highest BCUT2D eigenvalue weighted by molar-refractivity contribution is 5.32. The minimum atomic E-state index is -0.293. The van der Waals surface area contributed by atoms with Crippen LogP contribution < -0.4 is 0 Å². The molecule has 1 aromatic carbocycles. The number of benzene rings is 1. The molecular weight excluding hydrogens is 196 g/mol. The molecule has 0 aliphatic rings. The van der Waals surface area contributed by atoms with Crippen molar-refractivity contribution in [3.8, 4) is 0 Å². The minimum absolute atomic E-state index is 0.293. The van der Waals surface area contributed by atoms with Gasteiger partial charge in [0.25, 0.3) is 0 Å². The number of hydrogen-bond donors (Lipinski definition) is 1. The van der Waals surface area contributed by atoms with Gasteiger partial charge in [0.05, 0.1) is 6.10 Å². The van der Waals surface area contributed by atoms with Crippen molar-refractivity contribution in [2.75, 3.05) is 0 Å². The Morgan fingerprint density at radius 1 is 1.12 bits per heavy atom. The number of hydrogen-bond acceptors (Lipinski definition) is 1. The van der Waals surface area contributed by atoms with E-state index in [9.17, 15) is 5.11 Å². The zero-order chi connectivity index (χ0) is 12.1. The highest BCUT2D eigenvalue weighted by atomic mass is 16.3. The highest BCUT2D eigenvalue weighted by Gasteiger charge is 2.10. The van der Waals surface area contributed by atoms with E-state index in [1.807, 2.05) is 0 Å². The molecular formula is C15H24O. The highest BCUT2D eigenvalue weighted by Crippen LogP contribution is 2.24. The third kappa shape index (κ3) is 3.97. The summed E-state index contributed by atoms with van der Waals surface area (Å²) in [5, 5.41) is 10.1. The summed E-state index contributed by atoms with van der Waals surface area (Å²) in [7, 11) is 0. The van der Waals surface area contributed by atoms with Gasteiger partial charge in [-0.05, 0) is 37.3 Å². The normalized spacial score (nSPS) is 13.1. The Balaban J connectivity index is 2.58. The van der Waals surface area contributed by atoms with Gasteiger partial charge in [-0.2, -0.15) is 0 Å². The summed E-state index contributed by atoms with van der Waals surface area (Å²) in [6, 6.07) is 6.30. The fourth-order valence-corrected chi connectivity index (χ4v) is 1.99. The molecule has 0 aliphatic heterocycles. The largest absolute Gasteiger partial charge is 0.388 e. The fourth-order valence-electron chi connectivity index (χ4n) is 1.99. The van der Waals surface area contributed by atoms with Gasteiger partial charge in [-0.15, -0.1) is 0 Å². The molecule has 1 N–H and O–H groups in total. The lowest BCUT2D eigenvalue weighted by molar-refractivity contribution is 0.161. The Morgan fingerprint density at radius 3 is 2.44 bits per heavy atom. The van der Waals surface area contributed by atoms with Crippen molar-refractivity contribution < 1.29 is 5.11 Å². The summed E-state index contributed by atoms with van der Waals surface area (Å²) >= 11 is 0. The molecule has 0 saturated carbocycles. The number of aryl methyl sites for hydroxylation is 2. The standard InChI is InChI=1S/C15H24O/c1-11(2)6-5-7-15(16)14-10-12(3)8-9-13(14)4/h8-11,15-16H,5-7H2,1-4H3. The van der Waals surface area contributed by atoms with Crippen molar-refractivity contribution in [1.82, 2.24) is 0 Å². The first-order valence-corrected chi connectivity index (χ1v) is 6.26. The smallest absolute Gasteiger partial charge is 0.0792 e. The number of aliphatic hydroxyl groups excluding tert-OH is 1. The van der Waals surface area contributed by atoms with E-state index in [0.717, 1.165) is 24.3 Å². The quantitative estimate of drug-likeness (QED) is 0.790. The Bertz CT molecular complexity index is 328. The minimum Gasteiger partial charge on any atom is -0.388 e. The van der Waals surface area contributed by atoms with Crippen LogP contribution in [0.3, 0.4) is 0 Å². The van der Waals surface area contributed by atoms with Gasteiger partial charge in [0.2, 0.25) is 0 Å². The van der Waals surface area contributed by atoms with E-state index in [0.29, 0.717) is 0 Å². The molecule has 0 aliphatic carbocycles. The van der Waals surface area contributed by atoms with E-state index in [-0.39, 0.29) is 6.10 Å². The van der Waals surface area contributed by atoms with E-state index in [4.69, 9.17) is 0 Å². The number of rotatable bonds is 5. The maximum Gasteiger partial charge on any atom is 0.0792 e. The lowest BCUT2D eigenvalue weighted by Gasteiger charge is -2.15. The molecule has 0 saturated heterocycles. The molecule has 0 fully saturated rings. The molecule has 0 radical (unpaired) electrons. The first-order valence-electron chi connectivity index (χ1n) is 6.26. The van der Waals surface area contributed by atoms with Gasteiger partial charge in [-0.1, -0.05) is 50.5 Å². The van der Waals surface area contributed by atoms with Crippen LogP contribution in [0.1, 0.15) is 55.9 Å². The SMILES string of the molecule is Cc1ccc(C)c(C(O)CCCC(C)C)c1. The summed E-state index contributed by atoms with van der Waals surface area (Å²) in [5.41, 5.74) is 3.52. The van der Waals surface area contributed by atoms with Crippen molar-refractivity contribution in [2.24, 2.45) is 5.92 Å². The summed E-state index contributed by atoms with van der Waals surface area (Å²) in [6.07, 6.45) is 2.88.